The highest BCUT2D eigenvalue weighted by atomic mass is 16.6. The van der Waals surface area contributed by atoms with Gasteiger partial charge in [0.15, 0.2) is 0 Å². The molecule has 1 N–H and O–H groups in total. The number of hydrogen-bond acceptors (Lipinski definition) is 6. The number of aliphatic hydroxyl groups excluding tert-OH is 1. The SMILES string of the molecule is CO/N=C1/[C@H]2O[C@@H]2[C@@H](O)[C@H]2[C@H]1CCn1c(=O)n(-c3ccccc3)c(=O)n12. The Morgan fingerprint density at radius 1 is 1.23 bits per heavy atom. The van der Waals surface area contributed by atoms with E-state index in [-0.39, 0.29) is 12.0 Å². The summed E-state index contributed by atoms with van der Waals surface area (Å²) in [5, 5.41) is 14.8. The van der Waals surface area contributed by atoms with Crippen LogP contribution in [-0.4, -0.2) is 50.2 Å². The minimum atomic E-state index is -0.879. The van der Waals surface area contributed by atoms with Crippen LogP contribution in [0.1, 0.15) is 12.5 Å². The quantitative estimate of drug-likeness (QED) is 0.576. The van der Waals surface area contributed by atoms with Gasteiger partial charge >= 0.3 is 11.4 Å². The van der Waals surface area contributed by atoms with E-state index in [1.54, 1.807) is 24.3 Å². The van der Waals surface area contributed by atoms with Gasteiger partial charge in [0.25, 0.3) is 0 Å². The van der Waals surface area contributed by atoms with E-state index < -0.39 is 29.6 Å². The Balaban J connectivity index is 1.70. The third kappa shape index (κ3) is 1.95. The van der Waals surface area contributed by atoms with Gasteiger partial charge in [0.05, 0.1) is 17.4 Å². The maximum Gasteiger partial charge on any atom is 0.352 e. The summed E-state index contributed by atoms with van der Waals surface area (Å²) >= 11 is 0. The third-order valence-electron chi connectivity index (χ3n) is 5.50. The molecule has 3 aliphatic rings. The van der Waals surface area contributed by atoms with Crippen LogP contribution >= 0.6 is 0 Å². The molecular weight excluding hydrogens is 340 g/mol. The van der Waals surface area contributed by atoms with E-state index in [0.717, 1.165) is 4.57 Å². The summed E-state index contributed by atoms with van der Waals surface area (Å²) in [6.07, 6.45) is -0.986. The maximum atomic E-state index is 13.1. The molecule has 0 spiro atoms. The van der Waals surface area contributed by atoms with Gasteiger partial charge in [0, 0.05) is 12.5 Å². The minimum Gasteiger partial charge on any atom is -0.399 e. The van der Waals surface area contributed by atoms with Crippen LogP contribution in [0.2, 0.25) is 0 Å². The van der Waals surface area contributed by atoms with Crippen LogP contribution in [-0.2, 0) is 16.1 Å². The first-order valence-electron chi connectivity index (χ1n) is 8.57. The van der Waals surface area contributed by atoms with Crippen molar-refractivity contribution in [3.05, 3.63) is 51.3 Å². The molecule has 2 fully saturated rings. The second-order valence-electron chi connectivity index (χ2n) is 6.80. The predicted molar refractivity (Wildman–Crippen MR) is 90.5 cm³/mol. The lowest BCUT2D eigenvalue weighted by Gasteiger charge is -2.38. The molecular formula is C17H18N4O5. The van der Waals surface area contributed by atoms with Crippen LogP contribution in [0.15, 0.2) is 45.1 Å². The first-order chi connectivity index (χ1) is 12.6. The highest BCUT2D eigenvalue weighted by Crippen LogP contribution is 2.46. The number of hydrogen-bond donors (Lipinski definition) is 1. The van der Waals surface area contributed by atoms with E-state index >= 15 is 0 Å². The number of ether oxygens (including phenoxy) is 1. The Morgan fingerprint density at radius 3 is 2.73 bits per heavy atom. The summed E-state index contributed by atoms with van der Waals surface area (Å²) in [5.74, 6) is -0.211. The summed E-state index contributed by atoms with van der Waals surface area (Å²) in [5.41, 5.74) is 0.331. The molecule has 2 aromatic rings. The summed E-state index contributed by atoms with van der Waals surface area (Å²) in [7, 11) is 1.46. The number of aromatic nitrogens is 3. The highest BCUT2D eigenvalue weighted by molar-refractivity contribution is 5.94. The second-order valence-corrected chi connectivity index (χ2v) is 6.80. The Morgan fingerprint density at radius 2 is 2.00 bits per heavy atom. The summed E-state index contributed by atoms with van der Waals surface area (Å²) in [6.45, 7) is 0.363. The first kappa shape index (κ1) is 15.6. The van der Waals surface area contributed by atoms with E-state index in [4.69, 9.17) is 9.57 Å². The molecule has 3 heterocycles. The summed E-state index contributed by atoms with van der Waals surface area (Å²) in [6, 6.07) is 8.18. The Bertz CT molecular complexity index is 1000. The molecule has 0 amide bonds. The van der Waals surface area contributed by atoms with Crippen molar-refractivity contribution in [2.45, 2.75) is 37.3 Å². The molecule has 2 aliphatic heterocycles. The molecule has 1 saturated carbocycles. The van der Waals surface area contributed by atoms with Gasteiger partial charge in [-0.1, -0.05) is 23.4 Å². The molecule has 1 saturated heterocycles. The number of rotatable bonds is 2. The second kappa shape index (κ2) is 5.42. The standard InChI is InChI=1S/C17H18N4O5/c1-25-18-11-10-7-8-19-16(23)20(9-5-3-2-4-6-9)17(24)21(19)12(10)13(22)15-14(11)26-15/h2-6,10,12-15,22H,7-8H2,1H3/b18-11+/t10-,12+,13-,14+,15+/m0/s1. The lowest BCUT2D eigenvalue weighted by atomic mass is 9.78. The number of benzene rings is 1. The molecule has 9 heteroatoms. The molecule has 136 valence electrons. The van der Waals surface area contributed by atoms with Gasteiger partial charge in [-0.25, -0.2) is 23.5 Å². The number of epoxide rings is 1. The number of para-hydroxylation sites is 1. The molecule has 1 aromatic carbocycles. The van der Waals surface area contributed by atoms with Crippen molar-refractivity contribution in [1.29, 1.82) is 0 Å². The van der Waals surface area contributed by atoms with Gasteiger partial charge in [0.1, 0.15) is 25.4 Å². The van der Waals surface area contributed by atoms with Crippen LogP contribution in [0, 0.1) is 5.92 Å². The van der Waals surface area contributed by atoms with Crippen LogP contribution in [0.5, 0.6) is 0 Å². The van der Waals surface area contributed by atoms with Gasteiger partial charge in [0.2, 0.25) is 0 Å². The lowest BCUT2D eigenvalue weighted by Crippen LogP contribution is -2.52. The van der Waals surface area contributed by atoms with Crippen LogP contribution in [0.4, 0.5) is 0 Å². The van der Waals surface area contributed by atoms with Crippen molar-refractivity contribution in [2.24, 2.45) is 11.1 Å². The van der Waals surface area contributed by atoms with Gasteiger partial charge in [-0.2, -0.15) is 0 Å². The van der Waals surface area contributed by atoms with Crippen molar-refractivity contribution >= 4 is 5.71 Å². The van der Waals surface area contributed by atoms with Gasteiger partial charge in [-0.05, 0) is 18.6 Å². The Labute approximate surface area is 147 Å². The summed E-state index contributed by atoms with van der Waals surface area (Å²) < 4.78 is 9.48. The zero-order chi connectivity index (χ0) is 18.0. The predicted octanol–water partition coefficient (Wildman–Crippen LogP) is -0.494. The van der Waals surface area contributed by atoms with Crippen LogP contribution in [0.25, 0.3) is 5.69 Å². The molecule has 1 aliphatic carbocycles. The molecule has 5 rings (SSSR count). The molecule has 0 bridgehead atoms. The number of fused-ring (bicyclic) bond motifs is 4. The van der Waals surface area contributed by atoms with Crippen molar-refractivity contribution < 1.29 is 14.7 Å². The van der Waals surface area contributed by atoms with Crippen molar-refractivity contribution in [3.8, 4) is 5.69 Å². The van der Waals surface area contributed by atoms with Gasteiger partial charge in [-0.3, -0.25) is 0 Å². The molecule has 5 atom stereocenters. The van der Waals surface area contributed by atoms with Gasteiger partial charge < -0.3 is 14.7 Å². The topological polar surface area (TPSA) is 103 Å². The van der Waals surface area contributed by atoms with E-state index in [1.165, 1.54) is 16.5 Å². The average molecular weight is 358 g/mol. The third-order valence-corrected chi connectivity index (χ3v) is 5.50. The molecule has 1 aromatic heterocycles. The molecule has 0 unspecified atom stereocenters. The fraction of sp³-hybridized carbons (Fsp3) is 0.471. The average Bonchev–Trinajstić information content (AvgIpc) is 3.41. The van der Waals surface area contributed by atoms with E-state index in [0.29, 0.717) is 24.4 Å². The van der Waals surface area contributed by atoms with Crippen molar-refractivity contribution in [3.63, 3.8) is 0 Å². The molecule has 26 heavy (non-hydrogen) atoms. The first-order valence-corrected chi connectivity index (χ1v) is 8.57. The minimum absolute atomic E-state index is 0.211. The van der Waals surface area contributed by atoms with Crippen molar-refractivity contribution in [1.82, 2.24) is 13.9 Å². The number of nitrogens with zero attached hydrogens (tertiary/aromatic N) is 4. The van der Waals surface area contributed by atoms with Crippen LogP contribution in [0.3, 0.4) is 0 Å². The molecule has 0 radical (unpaired) electrons. The normalized spacial score (nSPS) is 33.3. The number of oxime groups is 1. The zero-order valence-corrected chi connectivity index (χ0v) is 14.1. The monoisotopic (exact) mass is 358 g/mol. The zero-order valence-electron chi connectivity index (χ0n) is 14.1. The van der Waals surface area contributed by atoms with E-state index in [1.807, 2.05) is 6.07 Å². The Kier molecular flexibility index (Phi) is 3.25. The summed E-state index contributed by atoms with van der Waals surface area (Å²) in [4.78, 5) is 30.9. The highest BCUT2D eigenvalue weighted by Gasteiger charge is 2.61. The molecule has 9 nitrogen and oxygen atoms in total. The van der Waals surface area contributed by atoms with Crippen molar-refractivity contribution in [2.75, 3.05) is 7.11 Å². The largest absolute Gasteiger partial charge is 0.399 e. The fourth-order valence-electron chi connectivity index (χ4n) is 4.34. The Hall–Kier alpha value is -2.65. The van der Waals surface area contributed by atoms with Crippen LogP contribution < -0.4 is 11.4 Å². The fourth-order valence-corrected chi connectivity index (χ4v) is 4.34. The lowest BCUT2D eigenvalue weighted by molar-refractivity contribution is 0.0330. The maximum absolute atomic E-state index is 13.1. The van der Waals surface area contributed by atoms with Gasteiger partial charge in [-0.15, -0.1) is 0 Å². The van der Waals surface area contributed by atoms with E-state index in [9.17, 15) is 14.7 Å². The smallest absolute Gasteiger partial charge is 0.352 e. The number of aliphatic hydroxyl groups is 1. The van der Waals surface area contributed by atoms with E-state index in [2.05, 4.69) is 5.16 Å².